The molecule has 0 aliphatic carbocycles. The first-order chi connectivity index (χ1) is 7.27. The van der Waals surface area contributed by atoms with Crippen LogP contribution >= 0.6 is 0 Å². The van der Waals surface area contributed by atoms with Gasteiger partial charge in [-0.2, -0.15) is 0 Å². The maximum atomic E-state index is 4.11. The average Bonchev–Trinajstić information content (AvgIpc) is 2.72. The number of hydrogen-bond donors (Lipinski definition) is 2. The fourth-order valence-corrected chi connectivity index (χ4v) is 1.23. The smallest absolute Gasteiger partial charge is 0.0964 e. The Hall–Kier alpha value is -0.940. The highest BCUT2D eigenvalue weighted by Crippen LogP contribution is 2.07. The Kier molecular flexibility index (Phi) is 5.28. The number of likely N-dealkylation sites (N-methyl/N-ethyl adjacent to an activating group) is 1. The molecule has 5 nitrogen and oxygen atoms in total. The number of hydrogen-bond acceptors (Lipinski definition) is 4. The molecule has 0 amide bonds. The van der Waals surface area contributed by atoms with Crippen molar-refractivity contribution >= 4 is 0 Å². The molecule has 1 rings (SSSR count). The first kappa shape index (κ1) is 12.1. The van der Waals surface area contributed by atoms with Crippen molar-refractivity contribution in [3.63, 3.8) is 0 Å². The molecule has 0 fully saturated rings. The Labute approximate surface area is 91.2 Å². The van der Waals surface area contributed by atoms with Crippen molar-refractivity contribution in [2.45, 2.75) is 32.9 Å². The van der Waals surface area contributed by atoms with E-state index in [1.54, 1.807) is 0 Å². The number of rotatable bonds is 7. The van der Waals surface area contributed by atoms with E-state index in [1.165, 1.54) is 0 Å². The molecule has 0 radical (unpaired) electrons. The van der Waals surface area contributed by atoms with Crippen LogP contribution in [0.5, 0.6) is 0 Å². The van der Waals surface area contributed by atoms with Crippen molar-refractivity contribution in [3.8, 4) is 0 Å². The fourth-order valence-electron chi connectivity index (χ4n) is 1.23. The van der Waals surface area contributed by atoms with Gasteiger partial charge in [0.2, 0.25) is 0 Å². The van der Waals surface area contributed by atoms with Crippen LogP contribution in [-0.2, 0) is 6.54 Å². The van der Waals surface area contributed by atoms with Gasteiger partial charge in [0.1, 0.15) is 0 Å². The lowest BCUT2D eigenvalue weighted by Gasteiger charge is -2.06. The van der Waals surface area contributed by atoms with Gasteiger partial charge in [0, 0.05) is 19.6 Å². The summed E-state index contributed by atoms with van der Waals surface area (Å²) in [6.45, 7) is 7.01. The molecule has 86 valence electrons. The standard InChI is InChI=1S/C10H21N5/c1-4-9(2)15-8-10(13-14-15)7-12-6-5-11-3/h8-9,11-12H,4-7H2,1-3H3. The molecule has 1 aromatic heterocycles. The molecule has 0 spiro atoms. The minimum absolute atomic E-state index is 0.434. The first-order valence-electron chi connectivity index (χ1n) is 5.54. The van der Waals surface area contributed by atoms with Gasteiger partial charge in [-0.05, 0) is 20.4 Å². The van der Waals surface area contributed by atoms with E-state index in [9.17, 15) is 0 Å². The van der Waals surface area contributed by atoms with Crippen molar-refractivity contribution in [1.82, 2.24) is 25.6 Å². The third-order valence-electron chi connectivity index (χ3n) is 2.46. The van der Waals surface area contributed by atoms with Crippen molar-refractivity contribution in [3.05, 3.63) is 11.9 Å². The molecule has 2 N–H and O–H groups in total. The predicted octanol–water partition coefficient (Wildman–Crippen LogP) is 0.558. The zero-order chi connectivity index (χ0) is 11.1. The van der Waals surface area contributed by atoms with E-state index in [0.29, 0.717) is 6.04 Å². The molecule has 0 saturated carbocycles. The van der Waals surface area contributed by atoms with Gasteiger partial charge in [-0.25, -0.2) is 4.68 Å². The molecule has 15 heavy (non-hydrogen) atoms. The molecular weight excluding hydrogens is 190 g/mol. The molecule has 1 atom stereocenters. The van der Waals surface area contributed by atoms with E-state index >= 15 is 0 Å². The van der Waals surface area contributed by atoms with E-state index in [1.807, 2.05) is 17.9 Å². The van der Waals surface area contributed by atoms with Crippen LogP contribution in [0.3, 0.4) is 0 Å². The number of nitrogens with one attached hydrogen (secondary N) is 2. The van der Waals surface area contributed by atoms with Gasteiger partial charge < -0.3 is 10.6 Å². The van der Waals surface area contributed by atoms with Crippen LogP contribution < -0.4 is 10.6 Å². The van der Waals surface area contributed by atoms with Gasteiger partial charge in [-0.1, -0.05) is 12.1 Å². The zero-order valence-electron chi connectivity index (χ0n) is 9.82. The highest BCUT2D eigenvalue weighted by Gasteiger charge is 2.04. The minimum Gasteiger partial charge on any atom is -0.318 e. The number of nitrogens with zero attached hydrogens (tertiary/aromatic N) is 3. The lowest BCUT2D eigenvalue weighted by atomic mass is 10.3. The van der Waals surface area contributed by atoms with Crippen molar-refractivity contribution in [1.29, 1.82) is 0 Å². The summed E-state index contributed by atoms with van der Waals surface area (Å²) >= 11 is 0. The summed E-state index contributed by atoms with van der Waals surface area (Å²) in [5.74, 6) is 0. The zero-order valence-corrected chi connectivity index (χ0v) is 9.82. The van der Waals surface area contributed by atoms with Crippen molar-refractivity contribution in [2.24, 2.45) is 0 Å². The van der Waals surface area contributed by atoms with Gasteiger partial charge in [-0.3, -0.25) is 0 Å². The number of aromatic nitrogens is 3. The van der Waals surface area contributed by atoms with E-state index in [0.717, 1.165) is 31.7 Å². The molecule has 1 unspecified atom stereocenters. The Morgan fingerprint density at radius 3 is 2.93 bits per heavy atom. The SMILES string of the molecule is CCC(C)n1cc(CNCCNC)nn1. The quantitative estimate of drug-likeness (QED) is 0.647. The van der Waals surface area contributed by atoms with Crippen LogP contribution in [-0.4, -0.2) is 35.1 Å². The van der Waals surface area contributed by atoms with Crippen molar-refractivity contribution in [2.75, 3.05) is 20.1 Å². The maximum absolute atomic E-state index is 4.11. The van der Waals surface area contributed by atoms with Gasteiger partial charge in [0.25, 0.3) is 0 Å². The van der Waals surface area contributed by atoms with Gasteiger partial charge in [0.05, 0.1) is 17.9 Å². The normalized spacial score (nSPS) is 13.0. The maximum Gasteiger partial charge on any atom is 0.0964 e. The summed E-state index contributed by atoms with van der Waals surface area (Å²) in [7, 11) is 1.95. The predicted molar refractivity (Wildman–Crippen MR) is 60.7 cm³/mol. The lowest BCUT2D eigenvalue weighted by molar-refractivity contribution is 0.464. The highest BCUT2D eigenvalue weighted by atomic mass is 15.4. The molecule has 0 aliphatic rings. The minimum atomic E-state index is 0.434. The molecule has 1 aromatic rings. The topological polar surface area (TPSA) is 54.8 Å². The van der Waals surface area contributed by atoms with Crippen LogP contribution in [0.25, 0.3) is 0 Å². The summed E-state index contributed by atoms with van der Waals surface area (Å²) < 4.78 is 1.93. The van der Waals surface area contributed by atoms with E-state index < -0.39 is 0 Å². The Balaban J connectivity index is 2.33. The van der Waals surface area contributed by atoms with E-state index in [2.05, 4.69) is 34.8 Å². The van der Waals surface area contributed by atoms with Gasteiger partial charge in [-0.15, -0.1) is 5.10 Å². The van der Waals surface area contributed by atoms with E-state index in [4.69, 9.17) is 0 Å². The van der Waals surface area contributed by atoms with Gasteiger partial charge in [0.15, 0.2) is 0 Å². The van der Waals surface area contributed by atoms with Crippen LogP contribution in [0.2, 0.25) is 0 Å². The second-order valence-electron chi connectivity index (χ2n) is 3.73. The Morgan fingerprint density at radius 2 is 2.27 bits per heavy atom. The lowest BCUT2D eigenvalue weighted by Crippen LogP contribution is -2.24. The molecule has 0 aliphatic heterocycles. The molecule has 0 bridgehead atoms. The monoisotopic (exact) mass is 211 g/mol. The summed E-state index contributed by atoms with van der Waals surface area (Å²) in [6, 6.07) is 0.434. The highest BCUT2D eigenvalue weighted by molar-refractivity contribution is 4.92. The Bertz CT molecular complexity index is 271. The van der Waals surface area contributed by atoms with Crippen LogP contribution in [0.15, 0.2) is 6.20 Å². The van der Waals surface area contributed by atoms with Crippen LogP contribution in [0.4, 0.5) is 0 Å². The average molecular weight is 211 g/mol. The Morgan fingerprint density at radius 1 is 1.47 bits per heavy atom. The van der Waals surface area contributed by atoms with Crippen molar-refractivity contribution < 1.29 is 0 Å². The molecule has 1 heterocycles. The molecule has 5 heteroatoms. The molecule has 0 aromatic carbocycles. The fraction of sp³-hybridized carbons (Fsp3) is 0.800. The molecule has 0 saturated heterocycles. The van der Waals surface area contributed by atoms with Crippen LogP contribution in [0, 0.1) is 0 Å². The second kappa shape index (κ2) is 6.53. The van der Waals surface area contributed by atoms with E-state index in [-0.39, 0.29) is 0 Å². The second-order valence-corrected chi connectivity index (χ2v) is 3.73. The summed E-state index contributed by atoms with van der Waals surface area (Å²) in [5.41, 5.74) is 1.01. The summed E-state index contributed by atoms with van der Waals surface area (Å²) in [4.78, 5) is 0. The first-order valence-corrected chi connectivity index (χ1v) is 5.54. The summed E-state index contributed by atoms with van der Waals surface area (Å²) in [5, 5.41) is 14.6. The van der Waals surface area contributed by atoms with Gasteiger partial charge >= 0.3 is 0 Å². The third kappa shape index (κ3) is 3.97. The third-order valence-corrected chi connectivity index (χ3v) is 2.46. The largest absolute Gasteiger partial charge is 0.318 e. The summed E-state index contributed by atoms with van der Waals surface area (Å²) in [6.07, 6.45) is 3.09. The molecular formula is C10H21N5. The van der Waals surface area contributed by atoms with Crippen LogP contribution in [0.1, 0.15) is 32.0 Å².